The number of hydrogen-bond acceptors (Lipinski definition) is 3. The van der Waals surface area contributed by atoms with Crippen molar-refractivity contribution < 1.29 is 0 Å². The van der Waals surface area contributed by atoms with Gasteiger partial charge in [0.05, 0.1) is 11.9 Å². The van der Waals surface area contributed by atoms with E-state index in [0.717, 1.165) is 17.8 Å². The summed E-state index contributed by atoms with van der Waals surface area (Å²) in [5.41, 5.74) is 4.54. The minimum Gasteiger partial charge on any atom is -0.306 e. The molecule has 110 valence electrons. The average molecular weight is 289 g/mol. The average Bonchev–Trinajstić information content (AvgIpc) is 2.61. The van der Waals surface area contributed by atoms with Crippen LogP contribution in [-0.2, 0) is 6.54 Å². The first-order chi connectivity index (χ1) is 10.8. The lowest BCUT2D eigenvalue weighted by molar-refractivity contribution is 0.575. The maximum atomic E-state index is 4.35. The summed E-state index contributed by atoms with van der Waals surface area (Å²) in [5.74, 6) is 0. The van der Waals surface area contributed by atoms with Crippen LogP contribution < -0.4 is 5.32 Å². The molecule has 2 aromatic carbocycles. The molecule has 3 rings (SSSR count). The van der Waals surface area contributed by atoms with Gasteiger partial charge in [-0.05, 0) is 24.1 Å². The van der Waals surface area contributed by atoms with Crippen LogP contribution in [0.5, 0.6) is 0 Å². The summed E-state index contributed by atoms with van der Waals surface area (Å²) in [7, 11) is 0. The molecule has 22 heavy (non-hydrogen) atoms. The van der Waals surface area contributed by atoms with Crippen LogP contribution in [0.1, 0.15) is 24.1 Å². The molecule has 1 atom stereocenters. The van der Waals surface area contributed by atoms with E-state index >= 15 is 0 Å². The molecular weight excluding hydrogens is 270 g/mol. The molecule has 1 aromatic heterocycles. The molecule has 0 fully saturated rings. The van der Waals surface area contributed by atoms with E-state index in [1.807, 2.05) is 6.07 Å². The van der Waals surface area contributed by atoms with Gasteiger partial charge in [0, 0.05) is 30.5 Å². The predicted molar refractivity (Wildman–Crippen MR) is 89.2 cm³/mol. The van der Waals surface area contributed by atoms with E-state index in [4.69, 9.17) is 0 Å². The Labute approximate surface area is 131 Å². The Bertz CT molecular complexity index is 711. The fourth-order valence-electron chi connectivity index (χ4n) is 2.42. The van der Waals surface area contributed by atoms with E-state index in [1.54, 1.807) is 18.6 Å². The van der Waals surface area contributed by atoms with Crippen molar-refractivity contribution in [3.8, 4) is 11.3 Å². The molecule has 3 heteroatoms. The third-order valence-corrected chi connectivity index (χ3v) is 3.70. The number of rotatable bonds is 5. The normalized spacial score (nSPS) is 12.0. The molecule has 3 nitrogen and oxygen atoms in total. The van der Waals surface area contributed by atoms with Crippen LogP contribution in [0.3, 0.4) is 0 Å². The van der Waals surface area contributed by atoms with Crippen molar-refractivity contribution in [2.45, 2.75) is 19.5 Å². The molecule has 1 N–H and O–H groups in total. The van der Waals surface area contributed by atoms with Gasteiger partial charge < -0.3 is 5.32 Å². The Balaban J connectivity index is 1.69. The van der Waals surface area contributed by atoms with Crippen LogP contribution in [-0.4, -0.2) is 9.97 Å². The van der Waals surface area contributed by atoms with Gasteiger partial charge in [0.1, 0.15) is 0 Å². The molecule has 0 unspecified atom stereocenters. The van der Waals surface area contributed by atoms with Crippen LogP contribution in [0.15, 0.2) is 73.2 Å². The Kier molecular flexibility index (Phi) is 4.56. The molecule has 0 radical (unpaired) electrons. The zero-order valence-electron chi connectivity index (χ0n) is 12.6. The minimum absolute atomic E-state index is 0.321. The van der Waals surface area contributed by atoms with Gasteiger partial charge in [-0.15, -0.1) is 0 Å². The highest BCUT2D eigenvalue weighted by molar-refractivity contribution is 5.58. The number of nitrogens with zero attached hydrogens (tertiary/aromatic N) is 2. The fraction of sp³-hybridized carbons (Fsp3) is 0.158. The van der Waals surface area contributed by atoms with Gasteiger partial charge in [0.15, 0.2) is 0 Å². The first-order valence-electron chi connectivity index (χ1n) is 7.46. The first kappa shape index (κ1) is 14.4. The third-order valence-electron chi connectivity index (χ3n) is 3.70. The summed E-state index contributed by atoms with van der Waals surface area (Å²) in [4.78, 5) is 8.48. The summed E-state index contributed by atoms with van der Waals surface area (Å²) in [6.07, 6.45) is 5.20. The lowest BCUT2D eigenvalue weighted by Crippen LogP contribution is -2.17. The summed E-state index contributed by atoms with van der Waals surface area (Å²) < 4.78 is 0. The van der Waals surface area contributed by atoms with Gasteiger partial charge in [0.2, 0.25) is 0 Å². The van der Waals surface area contributed by atoms with Crippen molar-refractivity contribution in [2.75, 3.05) is 0 Å². The van der Waals surface area contributed by atoms with Gasteiger partial charge in [-0.3, -0.25) is 9.97 Å². The van der Waals surface area contributed by atoms with Gasteiger partial charge >= 0.3 is 0 Å². The number of aromatic nitrogens is 2. The second kappa shape index (κ2) is 6.96. The zero-order valence-corrected chi connectivity index (χ0v) is 12.6. The monoisotopic (exact) mass is 289 g/mol. The van der Waals surface area contributed by atoms with E-state index in [9.17, 15) is 0 Å². The van der Waals surface area contributed by atoms with E-state index in [0.29, 0.717) is 6.04 Å². The summed E-state index contributed by atoms with van der Waals surface area (Å²) in [6, 6.07) is 19.2. The molecule has 0 saturated carbocycles. The van der Waals surface area contributed by atoms with Crippen LogP contribution in [0, 0.1) is 0 Å². The van der Waals surface area contributed by atoms with Crippen LogP contribution >= 0.6 is 0 Å². The Morgan fingerprint density at radius 3 is 2.64 bits per heavy atom. The Morgan fingerprint density at radius 1 is 1.00 bits per heavy atom. The van der Waals surface area contributed by atoms with E-state index in [-0.39, 0.29) is 0 Å². The van der Waals surface area contributed by atoms with Crippen molar-refractivity contribution in [3.63, 3.8) is 0 Å². The highest BCUT2D eigenvalue weighted by Gasteiger charge is 2.05. The van der Waals surface area contributed by atoms with Gasteiger partial charge in [0.25, 0.3) is 0 Å². The molecule has 0 aliphatic carbocycles. The van der Waals surface area contributed by atoms with Crippen molar-refractivity contribution in [1.82, 2.24) is 15.3 Å². The summed E-state index contributed by atoms with van der Waals surface area (Å²) in [6.45, 7) is 3.01. The van der Waals surface area contributed by atoms with Gasteiger partial charge in [-0.2, -0.15) is 0 Å². The smallest absolute Gasteiger partial charge is 0.0885 e. The topological polar surface area (TPSA) is 37.8 Å². The lowest BCUT2D eigenvalue weighted by Gasteiger charge is -2.14. The molecule has 0 aliphatic rings. The molecule has 0 spiro atoms. The second-order valence-corrected chi connectivity index (χ2v) is 5.30. The minimum atomic E-state index is 0.321. The van der Waals surface area contributed by atoms with Gasteiger partial charge in [-0.25, -0.2) is 0 Å². The maximum Gasteiger partial charge on any atom is 0.0885 e. The molecular formula is C19H19N3. The molecule has 0 amide bonds. The Hall–Kier alpha value is -2.52. The Morgan fingerprint density at radius 2 is 1.86 bits per heavy atom. The zero-order chi connectivity index (χ0) is 15.2. The fourth-order valence-corrected chi connectivity index (χ4v) is 2.42. The maximum absolute atomic E-state index is 4.35. The third kappa shape index (κ3) is 3.57. The molecule has 3 aromatic rings. The lowest BCUT2D eigenvalue weighted by atomic mass is 10.1. The van der Waals surface area contributed by atoms with Crippen LogP contribution in [0.4, 0.5) is 0 Å². The van der Waals surface area contributed by atoms with E-state index in [2.05, 4.69) is 70.7 Å². The number of hydrogen-bond donors (Lipinski definition) is 1. The number of benzene rings is 2. The molecule has 0 bridgehead atoms. The second-order valence-electron chi connectivity index (χ2n) is 5.30. The van der Waals surface area contributed by atoms with Crippen LogP contribution in [0.25, 0.3) is 11.3 Å². The van der Waals surface area contributed by atoms with Gasteiger partial charge in [-0.1, -0.05) is 48.5 Å². The van der Waals surface area contributed by atoms with Crippen molar-refractivity contribution >= 4 is 0 Å². The van der Waals surface area contributed by atoms with Crippen molar-refractivity contribution in [1.29, 1.82) is 0 Å². The number of nitrogens with one attached hydrogen (secondary N) is 1. The van der Waals surface area contributed by atoms with Crippen molar-refractivity contribution in [2.24, 2.45) is 0 Å². The summed E-state index contributed by atoms with van der Waals surface area (Å²) >= 11 is 0. The van der Waals surface area contributed by atoms with Crippen LogP contribution in [0.2, 0.25) is 0 Å². The molecule has 0 saturated heterocycles. The van der Waals surface area contributed by atoms with E-state index in [1.165, 1.54) is 11.1 Å². The predicted octanol–water partition coefficient (Wildman–Crippen LogP) is 3.99. The highest BCUT2D eigenvalue weighted by Crippen LogP contribution is 2.18. The highest BCUT2D eigenvalue weighted by atomic mass is 14.9. The SMILES string of the molecule is C[C@@H](NCc1cccc(-c2cnccn2)c1)c1ccccc1. The largest absolute Gasteiger partial charge is 0.306 e. The summed E-state index contributed by atoms with van der Waals surface area (Å²) in [5, 5.41) is 3.56. The van der Waals surface area contributed by atoms with E-state index < -0.39 is 0 Å². The molecule has 0 aliphatic heterocycles. The quantitative estimate of drug-likeness (QED) is 0.771. The molecule has 1 heterocycles. The van der Waals surface area contributed by atoms with Crippen molar-refractivity contribution in [3.05, 3.63) is 84.3 Å². The standard InChI is InChI=1S/C19H19N3/c1-15(17-7-3-2-4-8-17)22-13-16-6-5-9-18(12-16)19-14-20-10-11-21-19/h2-12,14-15,22H,13H2,1H3/t15-/m1/s1. The first-order valence-corrected chi connectivity index (χ1v) is 7.46.